The van der Waals surface area contributed by atoms with Crippen molar-refractivity contribution in [2.45, 2.75) is 13.3 Å². The lowest BCUT2D eigenvalue weighted by molar-refractivity contribution is -0.115. The smallest absolute Gasteiger partial charge is 0.348 e. The molecule has 4 rings (SSSR count). The molecule has 0 fully saturated rings. The van der Waals surface area contributed by atoms with Crippen LogP contribution in [0.5, 0.6) is 0 Å². The van der Waals surface area contributed by atoms with Crippen molar-refractivity contribution in [3.8, 4) is 10.7 Å². The number of carbonyl (C=O) groups is 2. The Morgan fingerprint density at radius 1 is 1.17 bits per heavy atom. The Morgan fingerprint density at radius 2 is 2.07 bits per heavy atom. The first-order valence-corrected chi connectivity index (χ1v) is 10.7. The number of carbonyl (C=O) groups excluding carboxylic acids is 2. The highest BCUT2D eigenvalue weighted by atomic mass is 32.1. The van der Waals surface area contributed by atoms with Gasteiger partial charge in [-0.2, -0.15) is 0 Å². The number of nitrogens with zero attached hydrogens (tertiary/aromatic N) is 2. The molecule has 146 valence electrons. The van der Waals surface area contributed by atoms with Crippen molar-refractivity contribution in [3.63, 3.8) is 0 Å². The fourth-order valence-electron chi connectivity index (χ4n) is 2.79. The molecule has 0 spiro atoms. The van der Waals surface area contributed by atoms with Crippen LogP contribution in [-0.4, -0.2) is 28.5 Å². The maximum Gasteiger partial charge on any atom is 0.348 e. The number of hydrogen-bond donors (Lipinski definition) is 1. The van der Waals surface area contributed by atoms with E-state index in [9.17, 15) is 9.59 Å². The van der Waals surface area contributed by atoms with E-state index in [-0.39, 0.29) is 18.3 Å². The van der Waals surface area contributed by atoms with Gasteiger partial charge in [0.15, 0.2) is 0 Å². The van der Waals surface area contributed by atoms with Gasteiger partial charge in [-0.25, -0.2) is 9.78 Å². The molecule has 3 aromatic heterocycles. The molecule has 3 heterocycles. The van der Waals surface area contributed by atoms with Gasteiger partial charge in [-0.15, -0.1) is 22.7 Å². The Morgan fingerprint density at radius 3 is 2.86 bits per heavy atom. The standard InChI is InChI=1S/C21H17N3O3S2/c1-2-27-21(26)18-10-13-9-14(6-7-17(13)29-18)23-19(25)11-15-12-28-20(24-15)16-5-3-4-8-22-16/h3-10,12H,2,11H2,1H3,(H,23,25). The first-order chi connectivity index (χ1) is 14.1. The van der Waals surface area contributed by atoms with Crippen LogP contribution in [0.15, 0.2) is 54.0 Å². The number of aromatic nitrogens is 2. The average Bonchev–Trinajstić information content (AvgIpc) is 3.35. The minimum atomic E-state index is -0.327. The van der Waals surface area contributed by atoms with Crippen molar-refractivity contribution in [3.05, 3.63) is 64.6 Å². The van der Waals surface area contributed by atoms with Gasteiger partial charge in [0.2, 0.25) is 5.91 Å². The zero-order chi connectivity index (χ0) is 20.2. The van der Waals surface area contributed by atoms with Crippen molar-refractivity contribution in [2.24, 2.45) is 0 Å². The molecule has 0 radical (unpaired) electrons. The van der Waals surface area contributed by atoms with Crippen LogP contribution in [0.3, 0.4) is 0 Å². The molecule has 8 heteroatoms. The summed E-state index contributed by atoms with van der Waals surface area (Å²) in [6, 6.07) is 13.0. The molecule has 0 aliphatic carbocycles. The largest absolute Gasteiger partial charge is 0.462 e. The summed E-state index contributed by atoms with van der Waals surface area (Å²) in [6.07, 6.45) is 1.90. The molecule has 0 aliphatic heterocycles. The molecular weight excluding hydrogens is 406 g/mol. The monoisotopic (exact) mass is 423 g/mol. The molecule has 29 heavy (non-hydrogen) atoms. The summed E-state index contributed by atoms with van der Waals surface area (Å²) in [5.74, 6) is -0.477. The lowest BCUT2D eigenvalue weighted by Crippen LogP contribution is -2.14. The molecule has 0 saturated heterocycles. The maximum absolute atomic E-state index is 12.4. The van der Waals surface area contributed by atoms with E-state index in [1.165, 1.54) is 22.7 Å². The van der Waals surface area contributed by atoms with E-state index in [1.807, 2.05) is 41.8 Å². The summed E-state index contributed by atoms with van der Waals surface area (Å²) < 4.78 is 6.01. The van der Waals surface area contributed by atoms with Gasteiger partial charge >= 0.3 is 5.97 Å². The van der Waals surface area contributed by atoms with Crippen LogP contribution in [0, 0.1) is 0 Å². The molecule has 0 aliphatic rings. The molecule has 1 amide bonds. The van der Waals surface area contributed by atoms with Gasteiger partial charge in [0, 0.05) is 22.0 Å². The second-order valence-corrected chi connectivity index (χ2v) is 8.11. The number of thiazole rings is 1. The van der Waals surface area contributed by atoms with Gasteiger partial charge in [0.25, 0.3) is 0 Å². The Labute approximate surface area is 175 Å². The number of amides is 1. The van der Waals surface area contributed by atoms with E-state index < -0.39 is 0 Å². The number of thiophene rings is 1. The number of pyridine rings is 1. The van der Waals surface area contributed by atoms with Gasteiger partial charge in [-0.3, -0.25) is 9.78 Å². The third-order valence-corrected chi connectivity index (χ3v) is 6.06. The van der Waals surface area contributed by atoms with Crippen molar-refractivity contribution >= 4 is 50.3 Å². The van der Waals surface area contributed by atoms with E-state index in [0.717, 1.165) is 20.8 Å². The van der Waals surface area contributed by atoms with Crippen LogP contribution in [0.1, 0.15) is 22.3 Å². The molecule has 4 aromatic rings. The van der Waals surface area contributed by atoms with Crippen molar-refractivity contribution < 1.29 is 14.3 Å². The third kappa shape index (κ3) is 4.49. The lowest BCUT2D eigenvalue weighted by atomic mass is 10.2. The van der Waals surface area contributed by atoms with E-state index >= 15 is 0 Å². The molecule has 0 bridgehead atoms. The highest BCUT2D eigenvalue weighted by Crippen LogP contribution is 2.29. The van der Waals surface area contributed by atoms with E-state index in [4.69, 9.17) is 4.74 Å². The normalized spacial score (nSPS) is 10.8. The summed E-state index contributed by atoms with van der Waals surface area (Å²) in [6.45, 7) is 2.12. The number of fused-ring (bicyclic) bond motifs is 1. The van der Waals surface area contributed by atoms with Crippen LogP contribution < -0.4 is 5.32 Å². The lowest BCUT2D eigenvalue weighted by Gasteiger charge is -2.04. The van der Waals surface area contributed by atoms with Crippen LogP contribution in [0.4, 0.5) is 5.69 Å². The second-order valence-electron chi connectivity index (χ2n) is 6.17. The summed E-state index contributed by atoms with van der Waals surface area (Å²) in [7, 11) is 0. The van der Waals surface area contributed by atoms with Gasteiger partial charge in [-0.1, -0.05) is 6.07 Å². The molecule has 1 N–H and O–H groups in total. The fourth-order valence-corrected chi connectivity index (χ4v) is 4.52. The summed E-state index contributed by atoms with van der Waals surface area (Å²) in [5.41, 5.74) is 2.18. The number of esters is 1. The van der Waals surface area contributed by atoms with Crippen LogP contribution >= 0.6 is 22.7 Å². The Balaban J connectivity index is 1.43. The molecule has 1 aromatic carbocycles. The molecular formula is C21H17N3O3S2. The minimum Gasteiger partial charge on any atom is -0.462 e. The van der Waals surface area contributed by atoms with Gasteiger partial charge in [0.1, 0.15) is 9.88 Å². The highest BCUT2D eigenvalue weighted by Gasteiger charge is 2.13. The Bertz CT molecular complexity index is 1170. The molecule has 0 atom stereocenters. The summed E-state index contributed by atoms with van der Waals surface area (Å²) in [4.78, 5) is 33.6. The van der Waals surface area contributed by atoms with Crippen molar-refractivity contribution in [2.75, 3.05) is 11.9 Å². The predicted molar refractivity (Wildman–Crippen MR) is 115 cm³/mol. The fraction of sp³-hybridized carbons (Fsp3) is 0.143. The van der Waals surface area contributed by atoms with Crippen LogP contribution in [0.2, 0.25) is 0 Å². The predicted octanol–water partition coefficient (Wildman–Crippen LogP) is 4.78. The zero-order valence-corrected chi connectivity index (χ0v) is 17.2. The Kier molecular flexibility index (Phi) is 5.64. The van der Waals surface area contributed by atoms with Crippen LogP contribution in [-0.2, 0) is 16.0 Å². The topological polar surface area (TPSA) is 81.2 Å². The quantitative estimate of drug-likeness (QED) is 0.452. The highest BCUT2D eigenvalue weighted by molar-refractivity contribution is 7.20. The number of anilines is 1. The summed E-state index contributed by atoms with van der Waals surface area (Å²) in [5, 5.41) is 6.45. The Hall–Kier alpha value is -3.10. The second kappa shape index (κ2) is 8.50. The minimum absolute atomic E-state index is 0.150. The summed E-state index contributed by atoms with van der Waals surface area (Å²) >= 11 is 2.84. The van der Waals surface area contributed by atoms with Crippen LogP contribution in [0.25, 0.3) is 20.8 Å². The molecule has 0 saturated carbocycles. The third-order valence-electron chi connectivity index (χ3n) is 4.05. The molecule has 6 nitrogen and oxygen atoms in total. The van der Waals surface area contributed by atoms with E-state index in [0.29, 0.717) is 22.9 Å². The van der Waals surface area contributed by atoms with Crippen molar-refractivity contribution in [1.29, 1.82) is 0 Å². The van der Waals surface area contributed by atoms with Crippen molar-refractivity contribution in [1.82, 2.24) is 9.97 Å². The van der Waals surface area contributed by atoms with E-state index in [1.54, 1.807) is 19.2 Å². The number of benzene rings is 1. The average molecular weight is 424 g/mol. The zero-order valence-electron chi connectivity index (χ0n) is 15.5. The SMILES string of the molecule is CCOC(=O)c1cc2cc(NC(=O)Cc3csc(-c4ccccn4)n3)ccc2s1. The van der Waals surface area contributed by atoms with Gasteiger partial charge in [-0.05, 0) is 48.7 Å². The van der Waals surface area contributed by atoms with Gasteiger partial charge < -0.3 is 10.1 Å². The molecule has 0 unspecified atom stereocenters. The first kappa shape index (κ1) is 19.2. The number of hydrogen-bond acceptors (Lipinski definition) is 7. The van der Waals surface area contributed by atoms with Gasteiger partial charge in [0.05, 0.1) is 24.4 Å². The number of nitrogens with one attached hydrogen (secondary N) is 1. The first-order valence-electron chi connectivity index (χ1n) is 8.99. The number of rotatable bonds is 6. The number of ether oxygens (including phenoxy) is 1. The maximum atomic E-state index is 12.4. The van der Waals surface area contributed by atoms with E-state index in [2.05, 4.69) is 15.3 Å².